The first-order valence-corrected chi connectivity index (χ1v) is 5.78. The molecule has 1 aromatic rings. The smallest absolute Gasteiger partial charge is 0.153 e. The first-order chi connectivity index (χ1) is 7.46. The van der Waals surface area contributed by atoms with E-state index in [0.29, 0.717) is 6.42 Å². The van der Waals surface area contributed by atoms with Crippen LogP contribution in [-0.4, -0.2) is 6.54 Å². The van der Waals surface area contributed by atoms with Gasteiger partial charge in [-0.25, -0.2) is 13.2 Å². The molecule has 1 unspecified atom stereocenters. The summed E-state index contributed by atoms with van der Waals surface area (Å²) in [5, 5.41) is 0. The normalized spacial score (nSPS) is 14.9. The Morgan fingerprint density at radius 1 is 1.38 bits per heavy atom. The van der Waals surface area contributed by atoms with Gasteiger partial charge >= 0.3 is 0 Å². The predicted molar refractivity (Wildman–Crippen MR) is 60.8 cm³/mol. The Morgan fingerprint density at radius 3 is 2.50 bits per heavy atom. The number of rotatable bonds is 4. The maximum atomic E-state index is 14.3. The fraction of sp³-hybridized carbons (Fsp3) is 0.455. The maximum Gasteiger partial charge on any atom is 0.153 e. The van der Waals surface area contributed by atoms with E-state index >= 15 is 0 Å². The first kappa shape index (κ1) is 13.5. The second kappa shape index (κ2) is 5.19. The first-order valence-electron chi connectivity index (χ1n) is 4.99. The van der Waals surface area contributed by atoms with Crippen molar-refractivity contribution in [3.63, 3.8) is 0 Å². The third-order valence-electron chi connectivity index (χ3n) is 2.46. The molecule has 0 aliphatic heterocycles. The highest BCUT2D eigenvalue weighted by atomic mass is 79.9. The van der Waals surface area contributed by atoms with Crippen LogP contribution in [0.5, 0.6) is 0 Å². The number of hydrogen-bond donors (Lipinski definition) is 1. The van der Waals surface area contributed by atoms with Gasteiger partial charge in [0.05, 0.1) is 10.0 Å². The summed E-state index contributed by atoms with van der Waals surface area (Å²) in [5.41, 5.74) is 2.57. The van der Waals surface area contributed by atoms with Crippen molar-refractivity contribution in [2.45, 2.75) is 25.4 Å². The van der Waals surface area contributed by atoms with E-state index in [2.05, 4.69) is 15.9 Å². The van der Waals surface area contributed by atoms with Crippen molar-refractivity contribution in [1.29, 1.82) is 0 Å². The monoisotopic (exact) mass is 295 g/mol. The van der Waals surface area contributed by atoms with Gasteiger partial charge in [0, 0.05) is 6.54 Å². The average Bonchev–Trinajstić information content (AvgIpc) is 2.24. The van der Waals surface area contributed by atoms with E-state index in [-0.39, 0.29) is 10.9 Å². The van der Waals surface area contributed by atoms with Crippen LogP contribution in [0.2, 0.25) is 0 Å². The standard InChI is InChI=1S/C11H13BrF3N/c1-2-5-11(15,6-16)9-8(13)4-3-7(12)10(9)14/h3-4H,2,5-6,16H2,1H3. The molecule has 0 heterocycles. The SMILES string of the molecule is CCCC(F)(CN)c1c(F)ccc(Br)c1F. The van der Waals surface area contributed by atoms with Crippen LogP contribution in [0.3, 0.4) is 0 Å². The summed E-state index contributed by atoms with van der Waals surface area (Å²) >= 11 is 2.90. The highest BCUT2D eigenvalue weighted by Crippen LogP contribution is 2.36. The van der Waals surface area contributed by atoms with Crippen LogP contribution in [0.25, 0.3) is 0 Å². The van der Waals surface area contributed by atoms with Gasteiger partial charge in [-0.1, -0.05) is 13.3 Å². The molecule has 0 aromatic heterocycles. The molecule has 16 heavy (non-hydrogen) atoms. The van der Waals surface area contributed by atoms with Crippen LogP contribution in [0.4, 0.5) is 13.2 Å². The Kier molecular flexibility index (Phi) is 4.38. The molecule has 0 bridgehead atoms. The summed E-state index contributed by atoms with van der Waals surface area (Å²) in [6.45, 7) is 1.29. The molecule has 0 amide bonds. The van der Waals surface area contributed by atoms with E-state index in [1.165, 1.54) is 6.07 Å². The number of benzene rings is 1. The van der Waals surface area contributed by atoms with Crippen molar-refractivity contribution in [2.75, 3.05) is 6.54 Å². The highest BCUT2D eigenvalue weighted by molar-refractivity contribution is 9.10. The fourth-order valence-corrected chi connectivity index (χ4v) is 1.99. The van der Waals surface area contributed by atoms with E-state index < -0.39 is 29.4 Å². The van der Waals surface area contributed by atoms with Crippen molar-refractivity contribution >= 4 is 15.9 Å². The molecule has 0 aliphatic rings. The molecule has 0 fully saturated rings. The number of hydrogen-bond acceptors (Lipinski definition) is 1. The molecule has 0 saturated carbocycles. The number of nitrogens with two attached hydrogens (primary N) is 1. The van der Waals surface area contributed by atoms with Gasteiger partial charge in [0.25, 0.3) is 0 Å². The van der Waals surface area contributed by atoms with E-state index in [1.807, 2.05) is 0 Å². The summed E-state index contributed by atoms with van der Waals surface area (Å²) in [4.78, 5) is 0. The topological polar surface area (TPSA) is 26.0 Å². The largest absolute Gasteiger partial charge is 0.327 e. The van der Waals surface area contributed by atoms with E-state index in [4.69, 9.17) is 5.73 Å². The van der Waals surface area contributed by atoms with Crippen LogP contribution in [0, 0.1) is 11.6 Å². The Hall–Kier alpha value is -0.550. The molecule has 0 aliphatic carbocycles. The lowest BCUT2D eigenvalue weighted by Gasteiger charge is -2.24. The van der Waals surface area contributed by atoms with Crippen molar-refractivity contribution < 1.29 is 13.2 Å². The van der Waals surface area contributed by atoms with Crippen LogP contribution < -0.4 is 5.73 Å². The summed E-state index contributed by atoms with van der Waals surface area (Å²) in [6, 6.07) is 2.24. The molecular formula is C11H13BrF3N. The quantitative estimate of drug-likeness (QED) is 0.843. The summed E-state index contributed by atoms with van der Waals surface area (Å²) < 4.78 is 41.5. The van der Waals surface area contributed by atoms with Gasteiger partial charge in [0.2, 0.25) is 0 Å². The lowest BCUT2D eigenvalue weighted by atomic mass is 9.90. The molecule has 90 valence electrons. The average molecular weight is 296 g/mol. The van der Waals surface area contributed by atoms with Gasteiger partial charge in [0.1, 0.15) is 11.6 Å². The molecule has 1 rings (SSSR count). The minimum atomic E-state index is -2.15. The van der Waals surface area contributed by atoms with Crippen molar-refractivity contribution in [1.82, 2.24) is 0 Å². The minimum absolute atomic E-state index is 0.00616. The molecule has 1 atom stereocenters. The van der Waals surface area contributed by atoms with Crippen LogP contribution >= 0.6 is 15.9 Å². The Balaban J connectivity index is 3.34. The molecule has 2 N–H and O–H groups in total. The second-order valence-electron chi connectivity index (χ2n) is 3.64. The van der Waals surface area contributed by atoms with Crippen LogP contribution in [0.15, 0.2) is 16.6 Å². The Bertz CT molecular complexity index is 384. The second-order valence-corrected chi connectivity index (χ2v) is 4.49. The van der Waals surface area contributed by atoms with Crippen molar-refractivity contribution in [2.24, 2.45) is 5.73 Å². The summed E-state index contributed by atoms with van der Waals surface area (Å²) in [7, 11) is 0. The zero-order chi connectivity index (χ0) is 12.3. The Morgan fingerprint density at radius 2 is 2.00 bits per heavy atom. The van der Waals surface area contributed by atoms with Gasteiger partial charge in [-0.2, -0.15) is 0 Å². The van der Waals surface area contributed by atoms with E-state index in [9.17, 15) is 13.2 Å². The van der Waals surface area contributed by atoms with Gasteiger partial charge in [-0.05, 0) is 34.5 Å². The lowest BCUT2D eigenvalue weighted by molar-refractivity contribution is 0.147. The van der Waals surface area contributed by atoms with Crippen LogP contribution in [-0.2, 0) is 5.67 Å². The zero-order valence-electron chi connectivity index (χ0n) is 8.87. The number of alkyl halides is 1. The van der Waals surface area contributed by atoms with Gasteiger partial charge in [-0.3, -0.25) is 0 Å². The van der Waals surface area contributed by atoms with Gasteiger partial charge < -0.3 is 5.73 Å². The van der Waals surface area contributed by atoms with Gasteiger partial charge in [-0.15, -0.1) is 0 Å². The van der Waals surface area contributed by atoms with E-state index in [0.717, 1.165) is 6.07 Å². The maximum absolute atomic E-state index is 14.3. The minimum Gasteiger partial charge on any atom is -0.327 e. The molecule has 0 radical (unpaired) electrons. The molecule has 1 aromatic carbocycles. The Labute approximate surface area is 101 Å². The molecule has 0 saturated heterocycles. The van der Waals surface area contributed by atoms with E-state index in [1.54, 1.807) is 6.92 Å². The summed E-state index contributed by atoms with van der Waals surface area (Å²) in [6.07, 6.45) is 0.451. The summed E-state index contributed by atoms with van der Waals surface area (Å²) in [5.74, 6) is -1.82. The molecular weight excluding hydrogens is 283 g/mol. The third kappa shape index (κ3) is 2.40. The highest BCUT2D eigenvalue weighted by Gasteiger charge is 2.36. The molecule has 0 spiro atoms. The van der Waals surface area contributed by atoms with Gasteiger partial charge in [0.15, 0.2) is 5.67 Å². The van der Waals surface area contributed by atoms with Crippen molar-refractivity contribution in [3.8, 4) is 0 Å². The molecule has 5 heteroatoms. The number of halogens is 4. The predicted octanol–water partition coefficient (Wildman–Crippen LogP) is 3.65. The van der Waals surface area contributed by atoms with Crippen LogP contribution in [0.1, 0.15) is 25.3 Å². The third-order valence-corrected chi connectivity index (χ3v) is 3.07. The molecule has 1 nitrogen and oxygen atoms in total. The lowest BCUT2D eigenvalue weighted by Crippen LogP contribution is -2.32. The van der Waals surface area contributed by atoms with Crippen molar-refractivity contribution in [3.05, 3.63) is 33.8 Å². The zero-order valence-corrected chi connectivity index (χ0v) is 10.5. The fourth-order valence-electron chi connectivity index (χ4n) is 1.66.